The summed E-state index contributed by atoms with van der Waals surface area (Å²) >= 11 is 12.9. The first kappa shape index (κ1) is 25.6. The number of anilines is 1. The third-order valence-corrected chi connectivity index (χ3v) is 7.65. The number of carboxylic acids is 1. The quantitative estimate of drug-likeness (QED) is 0.267. The highest BCUT2D eigenvalue weighted by atomic mass is 35.5. The summed E-state index contributed by atoms with van der Waals surface area (Å²) in [5.74, 6) is 0.00165. The van der Waals surface area contributed by atoms with Crippen molar-refractivity contribution in [2.45, 2.75) is 45.3 Å². The Bertz CT molecular complexity index is 1430. The molecule has 194 valence electrons. The average molecular weight is 542 g/mol. The Hall–Kier alpha value is -3.00. The van der Waals surface area contributed by atoms with Crippen LogP contribution in [-0.2, 0) is 18.4 Å². The predicted octanol–water partition coefficient (Wildman–Crippen LogP) is 7.15. The van der Waals surface area contributed by atoms with E-state index in [0.717, 1.165) is 53.8 Å². The topological polar surface area (TPSA) is 80.7 Å². The molecule has 0 spiro atoms. The van der Waals surface area contributed by atoms with Crippen LogP contribution in [0.1, 0.15) is 54.3 Å². The Balaban J connectivity index is 1.29. The molecule has 5 rings (SSSR count). The van der Waals surface area contributed by atoms with Gasteiger partial charge >= 0.3 is 5.97 Å². The number of aromatic carboxylic acids is 1. The molecule has 4 aromatic rings. The smallest absolute Gasteiger partial charge is 0.337 e. The van der Waals surface area contributed by atoms with Gasteiger partial charge in [-0.1, -0.05) is 48.3 Å². The van der Waals surface area contributed by atoms with Crippen LogP contribution in [0.2, 0.25) is 10.0 Å². The van der Waals surface area contributed by atoms with Crippen molar-refractivity contribution in [3.05, 3.63) is 69.5 Å². The standard InChI is InChI=1S/C28H29Cl2N3O4/c1-16(2)27-21(26(31-37-27)25-22(29)5-4-6-23(25)30)15-36-18-9-11-33(12-10-18)17-7-8-19-20(28(34)35)14-32(3)24(19)13-17/h4-8,13-14,16,18H,9-12,15H2,1-3H3,(H,34,35). The largest absolute Gasteiger partial charge is 0.478 e. The van der Waals surface area contributed by atoms with Gasteiger partial charge in [0.1, 0.15) is 11.5 Å². The number of ether oxygens (including phenoxy) is 1. The fourth-order valence-electron chi connectivity index (χ4n) is 5.06. The lowest BCUT2D eigenvalue weighted by atomic mass is 10.0. The number of aromatic nitrogens is 2. The van der Waals surface area contributed by atoms with E-state index >= 15 is 0 Å². The van der Waals surface area contributed by atoms with Gasteiger partial charge in [0, 0.05) is 54.5 Å². The molecule has 37 heavy (non-hydrogen) atoms. The molecule has 2 aromatic carbocycles. The maximum atomic E-state index is 11.5. The zero-order chi connectivity index (χ0) is 26.3. The van der Waals surface area contributed by atoms with E-state index in [0.29, 0.717) is 33.5 Å². The molecule has 9 heteroatoms. The first-order chi connectivity index (χ1) is 17.7. The van der Waals surface area contributed by atoms with Crippen molar-refractivity contribution < 1.29 is 19.2 Å². The maximum absolute atomic E-state index is 11.5. The number of aryl methyl sites for hydroxylation is 1. The van der Waals surface area contributed by atoms with E-state index in [-0.39, 0.29) is 12.0 Å². The van der Waals surface area contributed by atoms with Crippen LogP contribution in [0.3, 0.4) is 0 Å². The minimum absolute atomic E-state index is 0.0955. The summed E-state index contributed by atoms with van der Waals surface area (Å²) < 4.78 is 14.0. The van der Waals surface area contributed by atoms with Crippen molar-refractivity contribution in [2.24, 2.45) is 7.05 Å². The molecule has 1 aliphatic heterocycles. The van der Waals surface area contributed by atoms with Crippen molar-refractivity contribution in [1.29, 1.82) is 0 Å². The summed E-state index contributed by atoms with van der Waals surface area (Å²) in [5.41, 5.74) is 4.50. The van der Waals surface area contributed by atoms with Gasteiger partial charge < -0.3 is 23.8 Å². The summed E-state index contributed by atoms with van der Waals surface area (Å²) in [7, 11) is 1.87. The highest BCUT2D eigenvalue weighted by Crippen LogP contribution is 2.39. The number of nitrogens with zero attached hydrogens (tertiary/aromatic N) is 3. The Kier molecular flexibility index (Phi) is 7.21. The first-order valence-corrected chi connectivity index (χ1v) is 13.1. The van der Waals surface area contributed by atoms with Crippen LogP contribution >= 0.6 is 23.2 Å². The molecule has 0 atom stereocenters. The summed E-state index contributed by atoms with van der Waals surface area (Å²) in [5, 5.41) is 15.6. The summed E-state index contributed by atoms with van der Waals surface area (Å²) in [6.45, 7) is 6.17. The number of benzene rings is 2. The molecule has 0 aliphatic carbocycles. The number of hydrogen-bond acceptors (Lipinski definition) is 5. The van der Waals surface area contributed by atoms with Crippen LogP contribution in [0, 0.1) is 0 Å². The molecule has 1 N–H and O–H groups in total. The van der Waals surface area contributed by atoms with Crippen molar-refractivity contribution in [3.8, 4) is 11.3 Å². The Morgan fingerprint density at radius 3 is 2.54 bits per heavy atom. The highest BCUT2D eigenvalue weighted by Gasteiger charge is 2.26. The second-order valence-corrected chi connectivity index (χ2v) is 10.6. The summed E-state index contributed by atoms with van der Waals surface area (Å²) in [4.78, 5) is 13.9. The van der Waals surface area contributed by atoms with Crippen molar-refractivity contribution in [1.82, 2.24) is 9.72 Å². The van der Waals surface area contributed by atoms with Gasteiger partial charge in [0.25, 0.3) is 0 Å². The molecule has 0 saturated carbocycles. The van der Waals surface area contributed by atoms with E-state index in [2.05, 4.69) is 30.0 Å². The first-order valence-electron chi connectivity index (χ1n) is 12.4. The second-order valence-electron chi connectivity index (χ2n) is 9.78. The fourth-order valence-corrected chi connectivity index (χ4v) is 5.63. The zero-order valence-corrected chi connectivity index (χ0v) is 22.5. The van der Waals surface area contributed by atoms with Gasteiger partial charge in [0.15, 0.2) is 0 Å². The van der Waals surface area contributed by atoms with Crippen molar-refractivity contribution in [3.63, 3.8) is 0 Å². The number of carbonyl (C=O) groups is 1. The number of fused-ring (bicyclic) bond motifs is 1. The van der Waals surface area contributed by atoms with Gasteiger partial charge in [-0.2, -0.15) is 0 Å². The molecule has 0 amide bonds. The van der Waals surface area contributed by atoms with Gasteiger partial charge in [0.05, 0.1) is 33.8 Å². The third-order valence-electron chi connectivity index (χ3n) is 7.02. The van der Waals surface area contributed by atoms with Gasteiger partial charge in [-0.05, 0) is 43.2 Å². The van der Waals surface area contributed by atoms with Crippen LogP contribution < -0.4 is 4.90 Å². The SMILES string of the molecule is CC(C)c1onc(-c2c(Cl)cccc2Cl)c1COC1CCN(c2ccc3c(C(=O)O)cn(C)c3c2)CC1. The number of carboxylic acid groups (broad SMARTS) is 1. The molecule has 7 nitrogen and oxygen atoms in total. The van der Waals surface area contributed by atoms with Crippen LogP contribution in [0.5, 0.6) is 0 Å². The number of piperidine rings is 1. The Labute approximate surface area is 225 Å². The van der Waals surface area contributed by atoms with Gasteiger partial charge in [-0.25, -0.2) is 4.79 Å². The van der Waals surface area contributed by atoms with Gasteiger partial charge in [0.2, 0.25) is 0 Å². The van der Waals surface area contributed by atoms with E-state index < -0.39 is 5.97 Å². The summed E-state index contributed by atoms with van der Waals surface area (Å²) in [6.07, 6.45) is 3.50. The average Bonchev–Trinajstić information content (AvgIpc) is 3.44. The van der Waals surface area contributed by atoms with E-state index in [1.54, 1.807) is 18.3 Å². The van der Waals surface area contributed by atoms with Gasteiger partial charge in [-0.3, -0.25) is 0 Å². The second kappa shape index (κ2) is 10.4. The molecular formula is C28H29Cl2N3O4. The normalized spacial score (nSPS) is 14.7. The van der Waals surface area contributed by atoms with E-state index in [4.69, 9.17) is 32.5 Å². The number of hydrogen-bond donors (Lipinski definition) is 1. The number of halogens is 2. The molecular weight excluding hydrogens is 513 g/mol. The van der Waals surface area contributed by atoms with Gasteiger partial charge in [-0.15, -0.1) is 0 Å². The molecule has 1 fully saturated rings. The molecule has 3 heterocycles. The van der Waals surface area contributed by atoms with Crippen molar-refractivity contribution in [2.75, 3.05) is 18.0 Å². The third kappa shape index (κ3) is 4.96. The molecule has 0 unspecified atom stereocenters. The lowest BCUT2D eigenvalue weighted by molar-refractivity contribution is 0.0245. The molecule has 0 radical (unpaired) electrons. The Morgan fingerprint density at radius 1 is 1.19 bits per heavy atom. The monoisotopic (exact) mass is 541 g/mol. The lowest BCUT2D eigenvalue weighted by Gasteiger charge is -2.33. The fraction of sp³-hybridized carbons (Fsp3) is 0.357. The minimum Gasteiger partial charge on any atom is -0.478 e. The van der Waals surface area contributed by atoms with E-state index in [9.17, 15) is 9.90 Å². The lowest BCUT2D eigenvalue weighted by Crippen LogP contribution is -2.37. The van der Waals surface area contributed by atoms with E-state index in [1.807, 2.05) is 29.8 Å². The molecule has 0 bridgehead atoms. The molecule has 2 aromatic heterocycles. The molecule has 1 aliphatic rings. The summed E-state index contributed by atoms with van der Waals surface area (Å²) in [6, 6.07) is 11.4. The molecule has 1 saturated heterocycles. The maximum Gasteiger partial charge on any atom is 0.337 e. The van der Waals surface area contributed by atoms with E-state index in [1.165, 1.54) is 0 Å². The zero-order valence-electron chi connectivity index (χ0n) is 21.0. The van der Waals surface area contributed by atoms with Crippen LogP contribution in [0.4, 0.5) is 5.69 Å². The minimum atomic E-state index is -0.912. The van der Waals surface area contributed by atoms with Crippen LogP contribution in [0.15, 0.2) is 47.1 Å². The number of rotatable bonds is 7. The van der Waals surface area contributed by atoms with Crippen LogP contribution in [0.25, 0.3) is 22.2 Å². The predicted molar refractivity (Wildman–Crippen MR) is 146 cm³/mol. The highest BCUT2D eigenvalue weighted by molar-refractivity contribution is 6.39. The van der Waals surface area contributed by atoms with Crippen molar-refractivity contribution >= 4 is 45.8 Å². The Morgan fingerprint density at radius 2 is 1.89 bits per heavy atom. The van der Waals surface area contributed by atoms with Crippen LogP contribution in [-0.4, -0.2) is 40.0 Å².